The fourth-order valence-corrected chi connectivity index (χ4v) is 2.40. The summed E-state index contributed by atoms with van der Waals surface area (Å²) in [6, 6.07) is 10.0. The summed E-state index contributed by atoms with van der Waals surface area (Å²) in [5, 5.41) is 0.983. The van der Waals surface area contributed by atoms with Crippen molar-refractivity contribution in [2.45, 2.75) is 12.5 Å². The number of aromatic nitrogens is 1. The fourth-order valence-electron chi connectivity index (χ4n) is 1.39. The third-order valence-corrected chi connectivity index (χ3v) is 3.28. The van der Waals surface area contributed by atoms with E-state index in [2.05, 4.69) is 4.98 Å². The first kappa shape index (κ1) is 10.6. The number of hydrogen-bond donors (Lipinski definition) is 1. The molecule has 15 heavy (non-hydrogen) atoms. The van der Waals surface area contributed by atoms with Crippen LogP contribution in [0.4, 0.5) is 0 Å². The van der Waals surface area contributed by atoms with Crippen molar-refractivity contribution in [3.63, 3.8) is 0 Å². The standard InChI is InChI=1S/C11H11ClN2S/c12-10-7-14-11(15-10)6-9(13)8-4-2-1-3-5-8/h1-5,7,9H,6,13H2. The van der Waals surface area contributed by atoms with Crippen molar-refractivity contribution in [1.29, 1.82) is 0 Å². The van der Waals surface area contributed by atoms with Crippen molar-refractivity contribution in [3.05, 3.63) is 51.4 Å². The van der Waals surface area contributed by atoms with E-state index in [-0.39, 0.29) is 6.04 Å². The molecule has 78 valence electrons. The number of benzene rings is 1. The van der Waals surface area contributed by atoms with E-state index in [1.165, 1.54) is 11.3 Å². The third kappa shape index (κ3) is 2.78. The average Bonchev–Trinajstić information content (AvgIpc) is 2.65. The molecule has 2 aromatic rings. The molecule has 1 aromatic carbocycles. The lowest BCUT2D eigenvalue weighted by atomic mass is 10.1. The highest BCUT2D eigenvalue weighted by molar-refractivity contribution is 7.15. The molecular formula is C11H11ClN2S. The van der Waals surface area contributed by atoms with Gasteiger partial charge < -0.3 is 5.73 Å². The molecule has 0 aliphatic carbocycles. The third-order valence-electron chi connectivity index (χ3n) is 2.15. The molecule has 1 aromatic heterocycles. The molecule has 0 fully saturated rings. The summed E-state index contributed by atoms with van der Waals surface area (Å²) in [6.07, 6.45) is 2.40. The van der Waals surface area contributed by atoms with E-state index in [4.69, 9.17) is 17.3 Å². The Morgan fingerprint density at radius 3 is 2.67 bits per heavy atom. The lowest BCUT2D eigenvalue weighted by molar-refractivity contribution is 0.718. The molecule has 0 spiro atoms. The zero-order valence-electron chi connectivity index (χ0n) is 8.06. The second-order valence-corrected chi connectivity index (χ2v) is 5.03. The van der Waals surface area contributed by atoms with Crippen molar-refractivity contribution in [3.8, 4) is 0 Å². The molecule has 2 rings (SSSR count). The lowest BCUT2D eigenvalue weighted by Gasteiger charge is -2.09. The zero-order chi connectivity index (χ0) is 10.7. The van der Waals surface area contributed by atoms with Gasteiger partial charge in [0.05, 0.1) is 11.2 Å². The highest BCUT2D eigenvalue weighted by Crippen LogP contribution is 2.22. The predicted molar refractivity (Wildman–Crippen MR) is 64.2 cm³/mol. The molecule has 0 radical (unpaired) electrons. The van der Waals surface area contributed by atoms with Gasteiger partial charge in [-0.05, 0) is 5.56 Å². The van der Waals surface area contributed by atoms with Crippen LogP contribution in [-0.4, -0.2) is 4.98 Å². The second kappa shape index (κ2) is 4.75. The Hall–Kier alpha value is -0.900. The van der Waals surface area contributed by atoms with Crippen LogP contribution in [0.3, 0.4) is 0 Å². The minimum atomic E-state index is -0.00610. The van der Waals surface area contributed by atoms with Crippen LogP contribution in [0.15, 0.2) is 36.5 Å². The summed E-state index contributed by atoms with van der Waals surface area (Å²) in [4.78, 5) is 4.19. The summed E-state index contributed by atoms with van der Waals surface area (Å²) >= 11 is 7.29. The van der Waals surface area contributed by atoms with Crippen LogP contribution in [0.1, 0.15) is 16.6 Å². The van der Waals surface area contributed by atoms with E-state index in [0.717, 1.165) is 17.0 Å². The number of nitrogens with two attached hydrogens (primary N) is 1. The number of nitrogens with zero attached hydrogens (tertiary/aromatic N) is 1. The van der Waals surface area contributed by atoms with Crippen LogP contribution in [0, 0.1) is 0 Å². The van der Waals surface area contributed by atoms with Crippen LogP contribution in [0.2, 0.25) is 4.34 Å². The molecule has 4 heteroatoms. The van der Waals surface area contributed by atoms with Gasteiger partial charge in [0.1, 0.15) is 4.34 Å². The quantitative estimate of drug-likeness (QED) is 0.893. The van der Waals surface area contributed by atoms with Crippen LogP contribution in [0.25, 0.3) is 0 Å². The molecular weight excluding hydrogens is 228 g/mol. The summed E-state index contributed by atoms with van der Waals surface area (Å²) in [6.45, 7) is 0. The summed E-state index contributed by atoms with van der Waals surface area (Å²) in [7, 11) is 0. The summed E-state index contributed by atoms with van der Waals surface area (Å²) in [5.74, 6) is 0. The monoisotopic (exact) mass is 238 g/mol. The van der Waals surface area contributed by atoms with Gasteiger partial charge in [-0.2, -0.15) is 0 Å². The summed E-state index contributed by atoms with van der Waals surface area (Å²) < 4.78 is 0.713. The van der Waals surface area contributed by atoms with Crippen LogP contribution in [-0.2, 0) is 6.42 Å². The molecule has 0 saturated heterocycles. The number of halogens is 1. The maximum absolute atomic E-state index is 6.06. The van der Waals surface area contributed by atoms with Gasteiger partial charge in [-0.3, -0.25) is 0 Å². The average molecular weight is 239 g/mol. The first-order valence-electron chi connectivity index (χ1n) is 4.66. The zero-order valence-corrected chi connectivity index (χ0v) is 9.63. The Labute approximate surface area is 97.7 Å². The molecule has 0 amide bonds. The first-order chi connectivity index (χ1) is 7.25. The number of hydrogen-bond acceptors (Lipinski definition) is 3. The van der Waals surface area contributed by atoms with Crippen molar-refractivity contribution in [2.75, 3.05) is 0 Å². The molecule has 2 nitrogen and oxygen atoms in total. The maximum Gasteiger partial charge on any atom is 0.113 e. The molecule has 1 unspecified atom stereocenters. The van der Waals surface area contributed by atoms with Crippen LogP contribution < -0.4 is 5.73 Å². The van der Waals surface area contributed by atoms with Gasteiger partial charge in [-0.15, -0.1) is 11.3 Å². The van der Waals surface area contributed by atoms with Gasteiger partial charge >= 0.3 is 0 Å². The van der Waals surface area contributed by atoms with E-state index in [9.17, 15) is 0 Å². The Kier molecular flexibility index (Phi) is 3.36. The van der Waals surface area contributed by atoms with Crippen LogP contribution >= 0.6 is 22.9 Å². The highest BCUT2D eigenvalue weighted by Gasteiger charge is 2.09. The van der Waals surface area contributed by atoms with Gasteiger partial charge in [0.25, 0.3) is 0 Å². The summed E-state index contributed by atoms with van der Waals surface area (Å²) in [5.41, 5.74) is 7.19. The number of thiazole rings is 1. The predicted octanol–water partition coefficient (Wildman–Crippen LogP) is 3.04. The van der Waals surface area contributed by atoms with Gasteiger partial charge in [0.15, 0.2) is 0 Å². The van der Waals surface area contributed by atoms with Crippen LogP contribution in [0.5, 0.6) is 0 Å². The molecule has 0 bridgehead atoms. The minimum absolute atomic E-state index is 0.00610. The van der Waals surface area contributed by atoms with Crippen molar-refractivity contribution in [2.24, 2.45) is 5.73 Å². The van der Waals surface area contributed by atoms with Crippen molar-refractivity contribution in [1.82, 2.24) is 4.98 Å². The fraction of sp³-hybridized carbons (Fsp3) is 0.182. The smallest absolute Gasteiger partial charge is 0.113 e. The second-order valence-electron chi connectivity index (χ2n) is 3.28. The Bertz CT molecular complexity index is 427. The highest BCUT2D eigenvalue weighted by atomic mass is 35.5. The van der Waals surface area contributed by atoms with E-state index in [1.807, 2.05) is 30.3 Å². The minimum Gasteiger partial charge on any atom is -0.324 e. The molecule has 0 saturated carbocycles. The molecule has 1 atom stereocenters. The molecule has 2 N–H and O–H groups in total. The van der Waals surface area contributed by atoms with E-state index < -0.39 is 0 Å². The van der Waals surface area contributed by atoms with Gasteiger partial charge in [-0.1, -0.05) is 41.9 Å². The Morgan fingerprint density at radius 2 is 2.07 bits per heavy atom. The maximum atomic E-state index is 6.06. The van der Waals surface area contributed by atoms with E-state index in [1.54, 1.807) is 6.20 Å². The number of rotatable bonds is 3. The van der Waals surface area contributed by atoms with Crippen molar-refractivity contribution < 1.29 is 0 Å². The lowest BCUT2D eigenvalue weighted by Crippen LogP contribution is -2.12. The van der Waals surface area contributed by atoms with E-state index >= 15 is 0 Å². The van der Waals surface area contributed by atoms with Gasteiger partial charge in [0.2, 0.25) is 0 Å². The Balaban J connectivity index is 2.07. The first-order valence-corrected chi connectivity index (χ1v) is 5.86. The van der Waals surface area contributed by atoms with Gasteiger partial charge in [0, 0.05) is 12.5 Å². The Morgan fingerprint density at radius 1 is 1.33 bits per heavy atom. The largest absolute Gasteiger partial charge is 0.324 e. The normalized spacial score (nSPS) is 12.7. The van der Waals surface area contributed by atoms with Crippen molar-refractivity contribution >= 4 is 22.9 Å². The molecule has 1 heterocycles. The SMILES string of the molecule is NC(Cc1ncc(Cl)s1)c1ccccc1. The topological polar surface area (TPSA) is 38.9 Å². The van der Waals surface area contributed by atoms with E-state index in [0.29, 0.717) is 4.34 Å². The van der Waals surface area contributed by atoms with Gasteiger partial charge in [-0.25, -0.2) is 4.98 Å². The molecule has 0 aliphatic heterocycles. The molecule has 0 aliphatic rings.